The first-order chi connectivity index (χ1) is 9.31. The Labute approximate surface area is 116 Å². The number of nitrogens with zero attached hydrogens (tertiary/aromatic N) is 1. The molecule has 1 saturated heterocycles. The van der Waals surface area contributed by atoms with Gasteiger partial charge in [-0.1, -0.05) is 43.7 Å². The van der Waals surface area contributed by atoms with Gasteiger partial charge in [0.25, 0.3) is 0 Å². The number of rotatable bonds is 3. The van der Waals surface area contributed by atoms with Gasteiger partial charge in [0, 0.05) is 25.6 Å². The highest BCUT2D eigenvalue weighted by molar-refractivity contribution is 5.74. The molecule has 0 radical (unpaired) electrons. The van der Waals surface area contributed by atoms with Crippen LogP contribution in [0.2, 0.25) is 0 Å². The summed E-state index contributed by atoms with van der Waals surface area (Å²) >= 11 is 0. The van der Waals surface area contributed by atoms with Gasteiger partial charge >= 0.3 is 6.03 Å². The molecule has 1 fully saturated rings. The van der Waals surface area contributed by atoms with Crippen molar-refractivity contribution in [3.05, 3.63) is 35.9 Å². The SMILES string of the molecule is CCCNC(=O)N1CCCCC(c2ccccc2)C1. The van der Waals surface area contributed by atoms with Crippen LogP contribution in [0.3, 0.4) is 0 Å². The van der Waals surface area contributed by atoms with Gasteiger partial charge in [-0.2, -0.15) is 0 Å². The molecular weight excluding hydrogens is 236 g/mol. The van der Waals surface area contributed by atoms with Crippen LogP contribution in [0, 0.1) is 0 Å². The fourth-order valence-corrected chi connectivity index (χ4v) is 2.67. The molecule has 0 spiro atoms. The number of hydrogen-bond donors (Lipinski definition) is 1. The second-order valence-electron chi connectivity index (χ2n) is 5.28. The zero-order valence-electron chi connectivity index (χ0n) is 11.8. The van der Waals surface area contributed by atoms with Crippen LogP contribution in [0.1, 0.15) is 44.1 Å². The molecule has 1 aliphatic heterocycles. The molecule has 19 heavy (non-hydrogen) atoms. The molecule has 3 nitrogen and oxygen atoms in total. The van der Waals surface area contributed by atoms with Crippen LogP contribution in [-0.2, 0) is 0 Å². The topological polar surface area (TPSA) is 32.3 Å². The van der Waals surface area contributed by atoms with E-state index in [4.69, 9.17) is 0 Å². The van der Waals surface area contributed by atoms with Crippen molar-refractivity contribution < 1.29 is 4.79 Å². The van der Waals surface area contributed by atoms with Crippen molar-refractivity contribution in [2.75, 3.05) is 19.6 Å². The van der Waals surface area contributed by atoms with E-state index in [9.17, 15) is 4.79 Å². The van der Waals surface area contributed by atoms with Crippen LogP contribution in [0.4, 0.5) is 4.79 Å². The van der Waals surface area contributed by atoms with Crippen molar-refractivity contribution in [3.8, 4) is 0 Å². The molecule has 1 atom stereocenters. The molecule has 104 valence electrons. The van der Waals surface area contributed by atoms with Gasteiger partial charge in [-0.15, -0.1) is 0 Å². The maximum absolute atomic E-state index is 12.1. The minimum Gasteiger partial charge on any atom is -0.338 e. The normalized spacial score (nSPS) is 19.8. The number of hydrogen-bond acceptors (Lipinski definition) is 1. The van der Waals surface area contributed by atoms with E-state index in [0.29, 0.717) is 5.92 Å². The summed E-state index contributed by atoms with van der Waals surface area (Å²) in [6, 6.07) is 10.7. The predicted molar refractivity (Wildman–Crippen MR) is 78.3 cm³/mol. The molecule has 2 amide bonds. The number of amides is 2. The van der Waals surface area contributed by atoms with E-state index in [2.05, 4.69) is 36.5 Å². The maximum atomic E-state index is 12.1. The molecule has 3 heteroatoms. The van der Waals surface area contributed by atoms with Crippen molar-refractivity contribution in [1.82, 2.24) is 10.2 Å². The Morgan fingerprint density at radius 2 is 2.11 bits per heavy atom. The molecule has 0 aromatic heterocycles. The van der Waals surface area contributed by atoms with Crippen LogP contribution in [-0.4, -0.2) is 30.6 Å². The molecule has 0 aliphatic carbocycles. The van der Waals surface area contributed by atoms with E-state index in [1.807, 2.05) is 11.0 Å². The summed E-state index contributed by atoms with van der Waals surface area (Å²) in [7, 11) is 0. The van der Waals surface area contributed by atoms with Gasteiger partial charge in [-0.25, -0.2) is 4.79 Å². The lowest BCUT2D eigenvalue weighted by molar-refractivity contribution is 0.197. The summed E-state index contributed by atoms with van der Waals surface area (Å²) in [6.45, 7) is 4.58. The third kappa shape index (κ3) is 3.98. The number of carbonyl (C=O) groups excluding carboxylic acids is 1. The fourth-order valence-electron chi connectivity index (χ4n) is 2.67. The van der Waals surface area contributed by atoms with Gasteiger partial charge < -0.3 is 10.2 Å². The lowest BCUT2D eigenvalue weighted by Gasteiger charge is -2.25. The molecule has 0 bridgehead atoms. The summed E-state index contributed by atoms with van der Waals surface area (Å²) < 4.78 is 0. The number of likely N-dealkylation sites (tertiary alicyclic amines) is 1. The Bertz CT molecular complexity index is 391. The second kappa shape index (κ2) is 7.17. The largest absolute Gasteiger partial charge is 0.338 e. The van der Waals surface area contributed by atoms with Crippen LogP contribution in [0.5, 0.6) is 0 Å². The number of benzene rings is 1. The third-order valence-corrected chi connectivity index (χ3v) is 3.76. The lowest BCUT2D eigenvalue weighted by atomic mass is 9.94. The van der Waals surface area contributed by atoms with Crippen LogP contribution >= 0.6 is 0 Å². The quantitative estimate of drug-likeness (QED) is 0.888. The Hall–Kier alpha value is -1.51. The highest BCUT2D eigenvalue weighted by atomic mass is 16.2. The lowest BCUT2D eigenvalue weighted by Crippen LogP contribution is -2.42. The second-order valence-corrected chi connectivity index (χ2v) is 5.28. The summed E-state index contributed by atoms with van der Waals surface area (Å²) in [5.41, 5.74) is 1.36. The first-order valence-corrected chi connectivity index (χ1v) is 7.39. The van der Waals surface area contributed by atoms with Gasteiger partial charge in [0.15, 0.2) is 0 Å². The number of nitrogens with one attached hydrogen (secondary N) is 1. The van der Waals surface area contributed by atoms with Crippen molar-refractivity contribution in [2.45, 2.75) is 38.5 Å². The van der Waals surface area contributed by atoms with Gasteiger partial charge in [0.1, 0.15) is 0 Å². The average Bonchev–Trinajstić information content (AvgIpc) is 2.71. The molecule has 1 heterocycles. The first kappa shape index (κ1) is 13.9. The van der Waals surface area contributed by atoms with E-state index in [-0.39, 0.29) is 6.03 Å². The third-order valence-electron chi connectivity index (χ3n) is 3.76. The first-order valence-electron chi connectivity index (χ1n) is 7.39. The van der Waals surface area contributed by atoms with E-state index < -0.39 is 0 Å². The molecule has 2 rings (SSSR count). The van der Waals surface area contributed by atoms with E-state index in [0.717, 1.165) is 32.5 Å². The molecule has 0 saturated carbocycles. The minimum atomic E-state index is 0.102. The summed E-state index contributed by atoms with van der Waals surface area (Å²) in [5, 5.41) is 2.99. The maximum Gasteiger partial charge on any atom is 0.317 e. The van der Waals surface area contributed by atoms with Gasteiger partial charge in [0.2, 0.25) is 0 Å². The molecule has 1 N–H and O–H groups in total. The van der Waals surface area contributed by atoms with Crippen LogP contribution < -0.4 is 5.32 Å². The van der Waals surface area contributed by atoms with E-state index >= 15 is 0 Å². The highest BCUT2D eigenvalue weighted by Gasteiger charge is 2.22. The molecular formula is C16H24N2O. The van der Waals surface area contributed by atoms with Gasteiger partial charge in [-0.3, -0.25) is 0 Å². The van der Waals surface area contributed by atoms with E-state index in [1.54, 1.807) is 0 Å². The number of urea groups is 1. The Morgan fingerprint density at radius 3 is 2.84 bits per heavy atom. The van der Waals surface area contributed by atoms with Crippen molar-refractivity contribution in [1.29, 1.82) is 0 Å². The molecule has 1 aromatic carbocycles. The Balaban J connectivity index is 2.00. The Morgan fingerprint density at radius 1 is 1.32 bits per heavy atom. The molecule has 1 aromatic rings. The average molecular weight is 260 g/mol. The summed E-state index contributed by atoms with van der Waals surface area (Å²) in [6.07, 6.45) is 4.49. The minimum absolute atomic E-state index is 0.102. The van der Waals surface area contributed by atoms with Crippen molar-refractivity contribution >= 4 is 6.03 Å². The van der Waals surface area contributed by atoms with Crippen molar-refractivity contribution in [2.24, 2.45) is 0 Å². The monoisotopic (exact) mass is 260 g/mol. The standard InChI is InChI=1S/C16H24N2O/c1-2-11-17-16(19)18-12-7-6-10-15(13-18)14-8-4-3-5-9-14/h3-5,8-9,15H,2,6-7,10-13H2,1H3,(H,17,19). The molecule has 1 aliphatic rings. The van der Waals surface area contributed by atoms with Gasteiger partial charge in [-0.05, 0) is 24.8 Å². The predicted octanol–water partition coefficient (Wildman–Crippen LogP) is 3.38. The number of carbonyl (C=O) groups is 1. The van der Waals surface area contributed by atoms with Crippen LogP contribution in [0.25, 0.3) is 0 Å². The van der Waals surface area contributed by atoms with Crippen molar-refractivity contribution in [3.63, 3.8) is 0 Å². The summed E-state index contributed by atoms with van der Waals surface area (Å²) in [5.74, 6) is 0.482. The fraction of sp³-hybridized carbons (Fsp3) is 0.562. The Kier molecular flexibility index (Phi) is 5.25. The van der Waals surface area contributed by atoms with E-state index in [1.165, 1.54) is 18.4 Å². The van der Waals surface area contributed by atoms with Crippen LogP contribution in [0.15, 0.2) is 30.3 Å². The smallest absolute Gasteiger partial charge is 0.317 e. The zero-order chi connectivity index (χ0) is 13.5. The van der Waals surface area contributed by atoms with Gasteiger partial charge in [0.05, 0.1) is 0 Å². The zero-order valence-corrected chi connectivity index (χ0v) is 11.8. The summed E-state index contributed by atoms with van der Waals surface area (Å²) in [4.78, 5) is 14.1. The highest BCUT2D eigenvalue weighted by Crippen LogP contribution is 2.26. The molecule has 1 unspecified atom stereocenters.